The summed E-state index contributed by atoms with van der Waals surface area (Å²) in [6.07, 6.45) is 13.9. The van der Waals surface area contributed by atoms with Crippen LogP contribution in [-0.4, -0.2) is 45.2 Å². The summed E-state index contributed by atoms with van der Waals surface area (Å²) in [5.41, 5.74) is 8.84. The van der Waals surface area contributed by atoms with E-state index in [-0.39, 0.29) is 5.91 Å². The van der Waals surface area contributed by atoms with E-state index < -0.39 is 0 Å². The zero-order chi connectivity index (χ0) is 22.2. The Kier molecular flexibility index (Phi) is 7.68. The van der Waals surface area contributed by atoms with Crippen molar-refractivity contribution in [3.05, 3.63) is 54.6 Å². The van der Waals surface area contributed by atoms with Crippen molar-refractivity contribution in [2.24, 2.45) is 5.73 Å². The second kappa shape index (κ2) is 11.1. The summed E-state index contributed by atoms with van der Waals surface area (Å²) in [4.78, 5) is 12.8. The van der Waals surface area contributed by atoms with Crippen LogP contribution in [0.4, 0.5) is 5.69 Å². The molecule has 3 heterocycles. The first kappa shape index (κ1) is 22.2. The van der Waals surface area contributed by atoms with E-state index in [1.54, 1.807) is 6.20 Å². The normalized spacial score (nSPS) is 14.5. The van der Waals surface area contributed by atoms with Gasteiger partial charge in [-0.1, -0.05) is 25.0 Å². The topological polar surface area (TPSA) is 100.0 Å². The molecule has 1 aliphatic heterocycles. The van der Waals surface area contributed by atoms with Crippen LogP contribution in [0.3, 0.4) is 0 Å². The Morgan fingerprint density at radius 3 is 2.75 bits per heavy atom. The van der Waals surface area contributed by atoms with Gasteiger partial charge in [0.2, 0.25) is 0 Å². The molecular formula is C24H32N6O2. The number of hydrogen-bond acceptors (Lipinski definition) is 5. The van der Waals surface area contributed by atoms with Crippen molar-refractivity contribution >= 4 is 11.6 Å². The van der Waals surface area contributed by atoms with Crippen LogP contribution in [0, 0.1) is 0 Å². The number of unbranched alkanes of at least 4 members (excludes halogenated alkanes) is 3. The van der Waals surface area contributed by atoms with Crippen molar-refractivity contribution in [1.82, 2.24) is 19.6 Å². The van der Waals surface area contributed by atoms with E-state index in [9.17, 15) is 4.79 Å². The number of carbonyl (C=O) groups is 1. The summed E-state index contributed by atoms with van der Waals surface area (Å²) in [6, 6.07) is 7.96. The lowest BCUT2D eigenvalue weighted by molar-refractivity contribution is 0.0662. The molecule has 0 atom stereocenters. The summed E-state index contributed by atoms with van der Waals surface area (Å²) in [5.74, 6) is -0.148. The van der Waals surface area contributed by atoms with Gasteiger partial charge in [0.15, 0.2) is 0 Å². The summed E-state index contributed by atoms with van der Waals surface area (Å²) in [7, 11) is 0. The molecule has 1 aromatic carbocycles. The SMILES string of the molecule is NCCCCCCn1cc(-c2cccc(C(=O)Nc3cnn(C4CCOCC4)c3)c2)cn1. The summed E-state index contributed by atoms with van der Waals surface area (Å²) < 4.78 is 9.31. The van der Waals surface area contributed by atoms with E-state index >= 15 is 0 Å². The molecule has 0 bridgehead atoms. The number of rotatable bonds is 10. The van der Waals surface area contributed by atoms with Gasteiger partial charge in [0.05, 0.1) is 24.1 Å². The van der Waals surface area contributed by atoms with Crippen LogP contribution in [0.25, 0.3) is 11.1 Å². The molecule has 0 saturated carbocycles. The number of benzene rings is 1. The summed E-state index contributed by atoms with van der Waals surface area (Å²) >= 11 is 0. The maximum atomic E-state index is 12.8. The lowest BCUT2D eigenvalue weighted by atomic mass is 10.1. The molecule has 2 aromatic heterocycles. The van der Waals surface area contributed by atoms with Crippen molar-refractivity contribution in [1.29, 1.82) is 0 Å². The average Bonchev–Trinajstić information content (AvgIpc) is 3.50. The first-order chi connectivity index (χ1) is 15.7. The molecule has 32 heavy (non-hydrogen) atoms. The number of nitrogens with zero attached hydrogens (tertiary/aromatic N) is 4. The van der Waals surface area contributed by atoms with Gasteiger partial charge in [-0.2, -0.15) is 10.2 Å². The van der Waals surface area contributed by atoms with Gasteiger partial charge in [0.1, 0.15) is 0 Å². The standard InChI is InChI=1S/C24H32N6O2/c25-10-3-1-2-4-11-29-17-21(15-26-29)19-6-5-7-20(14-19)24(31)28-22-16-27-30(18-22)23-8-12-32-13-9-23/h5-7,14-18,23H,1-4,8-13,25H2,(H,28,31). The molecule has 4 rings (SSSR count). The summed E-state index contributed by atoms with van der Waals surface area (Å²) in [5, 5.41) is 11.9. The molecule has 1 amide bonds. The van der Waals surface area contributed by atoms with Gasteiger partial charge >= 0.3 is 0 Å². The van der Waals surface area contributed by atoms with Crippen LogP contribution in [0.15, 0.2) is 49.1 Å². The minimum Gasteiger partial charge on any atom is -0.381 e. The highest BCUT2D eigenvalue weighted by molar-refractivity contribution is 6.04. The molecule has 1 saturated heterocycles. The van der Waals surface area contributed by atoms with Crippen LogP contribution in [0.1, 0.15) is 54.9 Å². The molecule has 8 nitrogen and oxygen atoms in total. The Morgan fingerprint density at radius 1 is 1.06 bits per heavy atom. The van der Waals surface area contributed by atoms with Crippen molar-refractivity contribution in [3.8, 4) is 11.1 Å². The van der Waals surface area contributed by atoms with E-state index in [1.807, 2.05) is 52.2 Å². The maximum Gasteiger partial charge on any atom is 0.255 e. The van der Waals surface area contributed by atoms with Gasteiger partial charge in [-0.25, -0.2) is 0 Å². The minimum absolute atomic E-state index is 0.148. The number of aryl methyl sites for hydroxylation is 1. The van der Waals surface area contributed by atoms with E-state index in [4.69, 9.17) is 10.5 Å². The third-order valence-electron chi connectivity index (χ3n) is 5.86. The highest BCUT2D eigenvalue weighted by atomic mass is 16.5. The number of nitrogens with one attached hydrogen (secondary N) is 1. The highest BCUT2D eigenvalue weighted by Crippen LogP contribution is 2.23. The fourth-order valence-corrected chi connectivity index (χ4v) is 4.00. The first-order valence-electron chi connectivity index (χ1n) is 11.5. The molecule has 1 aliphatic rings. The van der Waals surface area contributed by atoms with Crippen LogP contribution < -0.4 is 11.1 Å². The van der Waals surface area contributed by atoms with E-state index in [0.717, 1.165) is 76.0 Å². The molecule has 0 radical (unpaired) electrons. The second-order valence-electron chi connectivity index (χ2n) is 8.28. The van der Waals surface area contributed by atoms with Crippen molar-refractivity contribution < 1.29 is 9.53 Å². The van der Waals surface area contributed by atoms with Gasteiger partial charge in [-0.3, -0.25) is 14.2 Å². The van der Waals surface area contributed by atoms with Crippen LogP contribution in [0.5, 0.6) is 0 Å². The second-order valence-corrected chi connectivity index (χ2v) is 8.28. The van der Waals surface area contributed by atoms with Crippen molar-refractivity contribution in [2.75, 3.05) is 25.1 Å². The molecule has 0 unspecified atom stereocenters. The van der Waals surface area contributed by atoms with Crippen LogP contribution in [-0.2, 0) is 11.3 Å². The zero-order valence-electron chi connectivity index (χ0n) is 18.4. The Balaban J connectivity index is 1.35. The Bertz CT molecular complexity index is 1010. The molecule has 170 valence electrons. The molecule has 3 N–H and O–H groups in total. The number of hydrogen-bond donors (Lipinski definition) is 2. The van der Waals surface area contributed by atoms with Gasteiger partial charge < -0.3 is 15.8 Å². The van der Waals surface area contributed by atoms with Gasteiger partial charge in [-0.05, 0) is 49.9 Å². The quantitative estimate of drug-likeness (QED) is 0.470. The largest absolute Gasteiger partial charge is 0.381 e. The molecule has 8 heteroatoms. The van der Waals surface area contributed by atoms with Gasteiger partial charge in [0.25, 0.3) is 5.91 Å². The number of aromatic nitrogens is 4. The minimum atomic E-state index is -0.148. The van der Waals surface area contributed by atoms with E-state index in [0.29, 0.717) is 17.3 Å². The number of carbonyl (C=O) groups excluding carboxylic acids is 1. The molecule has 3 aromatic rings. The fourth-order valence-electron chi connectivity index (χ4n) is 4.00. The number of amides is 1. The van der Waals surface area contributed by atoms with E-state index in [2.05, 4.69) is 15.5 Å². The summed E-state index contributed by atoms with van der Waals surface area (Å²) in [6.45, 7) is 3.16. The Morgan fingerprint density at radius 2 is 1.91 bits per heavy atom. The lowest BCUT2D eigenvalue weighted by Gasteiger charge is -2.22. The van der Waals surface area contributed by atoms with Gasteiger partial charge in [-0.15, -0.1) is 0 Å². The third-order valence-corrected chi connectivity index (χ3v) is 5.86. The Labute approximate surface area is 188 Å². The predicted octanol–water partition coefficient (Wildman–Crippen LogP) is 3.87. The number of anilines is 1. The average molecular weight is 437 g/mol. The van der Waals surface area contributed by atoms with Crippen LogP contribution in [0.2, 0.25) is 0 Å². The third kappa shape index (κ3) is 5.83. The van der Waals surface area contributed by atoms with E-state index in [1.165, 1.54) is 0 Å². The Hall–Kier alpha value is -2.97. The number of nitrogens with two attached hydrogens (primary N) is 1. The zero-order valence-corrected chi connectivity index (χ0v) is 18.4. The monoisotopic (exact) mass is 436 g/mol. The molecule has 0 aliphatic carbocycles. The maximum absolute atomic E-state index is 12.8. The van der Waals surface area contributed by atoms with Crippen LogP contribution >= 0.6 is 0 Å². The smallest absolute Gasteiger partial charge is 0.255 e. The number of ether oxygens (including phenoxy) is 1. The molecule has 0 spiro atoms. The molecule has 1 fully saturated rings. The molecular weight excluding hydrogens is 404 g/mol. The van der Waals surface area contributed by atoms with Gasteiger partial charge in [0, 0.05) is 43.3 Å². The van der Waals surface area contributed by atoms with Crippen molar-refractivity contribution in [3.63, 3.8) is 0 Å². The first-order valence-corrected chi connectivity index (χ1v) is 11.5. The fraction of sp³-hybridized carbons (Fsp3) is 0.458. The predicted molar refractivity (Wildman–Crippen MR) is 124 cm³/mol. The lowest BCUT2D eigenvalue weighted by Crippen LogP contribution is -2.19. The van der Waals surface area contributed by atoms with Crippen molar-refractivity contribution in [2.45, 2.75) is 51.1 Å². The highest BCUT2D eigenvalue weighted by Gasteiger charge is 2.17.